The van der Waals surface area contributed by atoms with Gasteiger partial charge < -0.3 is 24.0 Å². The van der Waals surface area contributed by atoms with Gasteiger partial charge in [0.2, 0.25) is 0 Å². The van der Waals surface area contributed by atoms with E-state index in [1.807, 2.05) is 53.6 Å². The van der Waals surface area contributed by atoms with Gasteiger partial charge in [0, 0.05) is 24.1 Å². The number of aromatic amines is 1. The highest BCUT2D eigenvalue weighted by Crippen LogP contribution is 2.31. The van der Waals surface area contributed by atoms with E-state index in [0.717, 1.165) is 22.6 Å². The molecule has 174 valence electrons. The van der Waals surface area contributed by atoms with Crippen LogP contribution in [0.2, 0.25) is 0 Å². The van der Waals surface area contributed by atoms with Crippen LogP contribution in [0.3, 0.4) is 0 Å². The number of methoxy groups -OCH3 is 1. The first-order valence-corrected chi connectivity index (χ1v) is 11.6. The number of hydrogen-bond acceptors (Lipinski definition) is 8. The van der Waals surface area contributed by atoms with Gasteiger partial charge in [-0.25, -0.2) is 4.98 Å². The predicted octanol–water partition coefficient (Wildman–Crippen LogP) is 3.65. The molecule has 4 rings (SSSR count). The first kappa shape index (κ1) is 23.2. The fourth-order valence-electron chi connectivity index (χ4n) is 3.68. The molecule has 0 fully saturated rings. The van der Waals surface area contributed by atoms with Crippen molar-refractivity contribution < 1.29 is 19.0 Å². The van der Waals surface area contributed by atoms with E-state index < -0.39 is 6.10 Å². The minimum absolute atomic E-state index is 0.185. The van der Waals surface area contributed by atoms with Crippen molar-refractivity contribution in [3.05, 3.63) is 70.0 Å². The van der Waals surface area contributed by atoms with E-state index in [0.29, 0.717) is 42.3 Å². The van der Waals surface area contributed by atoms with Crippen LogP contribution < -0.4 is 10.3 Å². The molecular weight excluding hydrogens is 442 g/mol. The number of aromatic nitrogens is 2. The molecule has 1 unspecified atom stereocenters. The molecule has 0 saturated carbocycles. The summed E-state index contributed by atoms with van der Waals surface area (Å²) in [6.07, 6.45) is 0.946. The first-order valence-electron chi connectivity index (χ1n) is 10.7. The highest BCUT2D eigenvalue weighted by molar-refractivity contribution is 7.17. The lowest BCUT2D eigenvalue weighted by molar-refractivity contribution is 0.0163. The van der Waals surface area contributed by atoms with E-state index in [2.05, 4.69) is 4.98 Å². The van der Waals surface area contributed by atoms with Gasteiger partial charge in [-0.1, -0.05) is 12.1 Å². The van der Waals surface area contributed by atoms with Crippen molar-refractivity contribution in [3.8, 4) is 16.9 Å². The lowest BCUT2D eigenvalue weighted by Crippen LogP contribution is -2.35. The fourth-order valence-corrected chi connectivity index (χ4v) is 4.64. The quantitative estimate of drug-likeness (QED) is 0.346. The average molecular weight is 470 g/mol. The van der Waals surface area contributed by atoms with E-state index >= 15 is 0 Å². The number of thiophene rings is 1. The van der Waals surface area contributed by atoms with Crippen molar-refractivity contribution in [1.29, 1.82) is 0 Å². The molecule has 0 aliphatic heterocycles. The number of aliphatic hydroxyl groups excluding tert-OH is 1. The van der Waals surface area contributed by atoms with Crippen LogP contribution in [-0.2, 0) is 17.8 Å². The Balaban J connectivity index is 1.58. The number of H-pyrrole nitrogens is 1. The van der Waals surface area contributed by atoms with Crippen molar-refractivity contribution in [2.75, 3.05) is 26.9 Å². The standard InChI is InChI=1S/C24H27N3O5S/c1-3-31-14-17(28)11-27(12-19-5-4-10-32-19)13-21-25-23(29)22-20(15-33-24(22)26-21)16-6-8-18(30-2)9-7-16/h4-10,15,17,28H,3,11-14H2,1-2H3,(H,25,26,29). The molecule has 1 atom stereocenters. The summed E-state index contributed by atoms with van der Waals surface area (Å²) in [7, 11) is 1.62. The SMILES string of the molecule is CCOCC(O)CN(Cc1nc2scc(-c3ccc(OC)cc3)c2c(=O)[nH]1)Cc1ccco1. The van der Waals surface area contributed by atoms with Crippen molar-refractivity contribution in [2.24, 2.45) is 0 Å². The second-order valence-electron chi connectivity index (χ2n) is 7.63. The van der Waals surface area contributed by atoms with Gasteiger partial charge in [0.25, 0.3) is 5.56 Å². The number of hydrogen-bond donors (Lipinski definition) is 2. The third-order valence-corrected chi connectivity index (χ3v) is 6.08. The van der Waals surface area contributed by atoms with Gasteiger partial charge in [-0.15, -0.1) is 11.3 Å². The molecule has 3 aromatic heterocycles. The predicted molar refractivity (Wildman–Crippen MR) is 128 cm³/mol. The molecule has 0 radical (unpaired) electrons. The van der Waals surface area contributed by atoms with E-state index in [1.54, 1.807) is 13.4 Å². The summed E-state index contributed by atoms with van der Waals surface area (Å²) in [6.45, 7) is 3.84. The number of aliphatic hydroxyl groups is 1. The maximum Gasteiger partial charge on any atom is 0.260 e. The lowest BCUT2D eigenvalue weighted by Gasteiger charge is -2.23. The van der Waals surface area contributed by atoms with Gasteiger partial charge in [-0.3, -0.25) is 9.69 Å². The maximum absolute atomic E-state index is 13.0. The summed E-state index contributed by atoms with van der Waals surface area (Å²) >= 11 is 1.44. The molecule has 2 N–H and O–H groups in total. The van der Waals surface area contributed by atoms with E-state index in [9.17, 15) is 9.90 Å². The van der Waals surface area contributed by atoms with Crippen LogP contribution in [-0.4, -0.2) is 52.9 Å². The number of fused-ring (bicyclic) bond motifs is 1. The smallest absolute Gasteiger partial charge is 0.260 e. The number of nitrogens with one attached hydrogen (secondary N) is 1. The monoisotopic (exact) mass is 469 g/mol. The van der Waals surface area contributed by atoms with Gasteiger partial charge in [0.1, 0.15) is 22.2 Å². The Labute approximate surface area is 195 Å². The van der Waals surface area contributed by atoms with Crippen LogP contribution >= 0.6 is 11.3 Å². The maximum atomic E-state index is 13.0. The zero-order valence-electron chi connectivity index (χ0n) is 18.6. The molecular formula is C24H27N3O5S. The van der Waals surface area contributed by atoms with E-state index in [4.69, 9.17) is 18.9 Å². The Kier molecular flexibility index (Phi) is 7.56. The third-order valence-electron chi connectivity index (χ3n) is 5.21. The second kappa shape index (κ2) is 10.8. The summed E-state index contributed by atoms with van der Waals surface area (Å²) in [5, 5.41) is 12.9. The molecule has 0 aliphatic carbocycles. The topological polar surface area (TPSA) is 101 Å². The molecule has 0 aliphatic rings. The Bertz CT molecular complexity index is 1220. The van der Waals surface area contributed by atoms with Crippen molar-refractivity contribution >= 4 is 21.6 Å². The number of ether oxygens (including phenoxy) is 2. The van der Waals surface area contributed by atoms with Gasteiger partial charge in [0.15, 0.2) is 0 Å². The highest BCUT2D eigenvalue weighted by atomic mass is 32.1. The van der Waals surface area contributed by atoms with Crippen LogP contribution in [0.15, 0.2) is 57.3 Å². The first-order chi connectivity index (χ1) is 16.1. The van der Waals surface area contributed by atoms with Crippen LogP contribution in [0.5, 0.6) is 5.75 Å². The van der Waals surface area contributed by atoms with Crippen molar-refractivity contribution in [3.63, 3.8) is 0 Å². The highest BCUT2D eigenvalue weighted by Gasteiger charge is 2.18. The summed E-state index contributed by atoms with van der Waals surface area (Å²) < 4.78 is 16.0. The lowest BCUT2D eigenvalue weighted by atomic mass is 10.1. The van der Waals surface area contributed by atoms with Gasteiger partial charge in [0.05, 0.1) is 44.6 Å². The average Bonchev–Trinajstić information content (AvgIpc) is 3.48. The van der Waals surface area contributed by atoms with Crippen LogP contribution in [0, 0.1) is 0 Å². The Morgan fingerprint density at radius 3 is 2.76 bits per heavy atom. The molecule has 4 aromatic rings. The molecule has 0 amide bonds. The van der Waals surface area contributed by atoms with E-state index in [1.165, 1.54) is 11.3 Å². The summed E-state index contributed by atoms with van der Waals surface area (Å²) in [5.41, 5.74) is 1.59. The van der Waals surface area contributed by atoms with Gasteiger partial charge in [-0.2, -0.15) is 0 Å². The number of rotatable bonds is 11. The van der Waals surface area contributed by atoms with Gasteiger partial charge >= 0.3 is 0 Å². The largest absolute Gasteiger partial charge is 0.497 e. The molecule has 8 nitrogen and oxygen atoms in total. The van der Waals surface area contributed by atoms with Crippen LogP contribution in [0.25, 0.3) is 21.3 Å². The molecule has 0 spiro atoms. The van der Waals surface area contributed by atoms with Gasteiger partial charge in [-0.05, 0) is 36.8 Å². The number of benzene rings is 1. The molecule has 1 aromatic carbocycles. The van der Waals surface area contributed by atoms with Crippen LogP contribution in [0.4, 0.5) is 0 Å². The summed E-state index contributed by atoms with van der Waals surface area (Å²) in [4.78, 5) is 23.3. The second-order valence-corrected chi connectivity index (χ2v) is 8.49. The molecule has 0 saturated heterocycles. The zero-order chi connectivity index (χ0) is 23.2. The normalized spacial score (nSPS) is 12.5. The molecule has 3 heterocycles. The Morgan fingerprint density at radius 1 is 1.24 bits per heavy atom. The Morgan fingerprint density at radius 2 is 2.06 bits per heavy atom. The minimum atomic E-state index is -0.668. The molecule has 9 heteroatoms. The van der Waals surface area contributed by atoms with E-state index in [-0.39, 0.29) is 12.2 Å². The zero-order valence-corrected chi connectivity index (χ0v) is 19.4. The van der Waals surface area contributed by atoms with Crippen molar-refractivity contribution in [2.45, 2.75) is 26.1 Å². The Hall–Kier alpha value is -2.98. The molecule has 0 bridgehead atoms. The number of furan rings is 1. The number of nitrogens with zero attached hydrogens (tertiary/aromatic N) is 2. The molecule has 33 heavy (non-hydrogen) atoms. The minimum Gasteiger partial charge on any atom is -0.497 e. The van der Waals surface area contributed by atoms with Crippen molar-refractivity contribution in [1.82, 2.24) is 14.9 Å². The summed E-state index contributed by atoms with van der Waals surface area (Å²) in [6, 6.07) is 11.3. The fraction of sp³-hybridized carbons (Fsp3) is 0.333. The third kappa shape index (κ3) is 5.69. The van der Waals surface area contributed by atoms with Crippen LogP contribution in [0.1, 0.15) is 18.5 Å². The summed E-state index contributed by atoms with van der Waals surface area (Å²) in [5.74, 6) is 2.06.